The van der Waals surface area contributed by atoms with Crippen LogP contribution in [0.4, 0.5) is 5.82 Å². The summed E-state index contributed by atoms with van der Waals surface area (Å²) in [5, 5.41) is 13.8. The molecular weight excluding hydrogens is 242 g/mol. The van der Waals surface area contributed by atoms with Crippen LogP contribution in [0.5, 0.6) is 5.75 Å². The van der Waals surface area contributed by atoms with Crippen LogP contribution in [0.3, 0.4) is 0 Å². The van der Waals surface area contributed by atoms with Crippen molar-refractivity contribution in [2.45, 2.75) is 13.5 Å². The molecule has 5 heteroatoms. The molecule has 2 N–H and O–H groups in total. The van der Waals surface area contributed by atoms with E-state index in [1.165, 1.54) is 0 Å². The number of phenolic OH excluding ortho intramolecular Hbond substituents is 1. The number of rotatable bonds is 3. The van der Waals surface area contributed by atoms with Crippen LogP contribution >= 0.6 is 0 Å². The molecule has 0 spiro atoms. The quantitative estimate of drug-likeness (QED) is 0.753. The number of aryl methyl sites for hydroxylation is 1. The summed E-state index contributed by atoms with van der Waals surface area (Å²) in [6.45, 7) is 2.33. The zero-order valence-electron chi connectivity index (χ0n) is 10.4. The van der Waals surface area contributed by atoms with Gasteiger partial charge >= 0.3 is 0 Å². The highest BCUT2D eigenvalue weighted by Gasteiger charge is 2.09. The van der Waals surface area contributed by atoms with Gasteiger partial charge in [-0.1, -0.05) is 6.07 Å². The van der Waals surface area contributed by atoms with Gasteiger partial charge in [0.25, 0.3) is 0 Å². The molecule has 3 aromatic rings. The first-order valence-electron chi connectivity index (χ1n) is 5.96. The Balaban J connectivity index is 2.00. The van der Waals surface area contributed by atoms with Gasteiger partial charge in [-0.3, -0.25) is 0 Å². The van der Waals surface area contributed by atoms with Gasteiger partial charge in [-0.25, -0.2) is 9.97 Å². The first-order chi connectivity index (χ1) is 9.24. The summed E-state index contributed by atoms with van der Waals surface area (Å²) in [6.07, 6.45) is 1.63. The van der Waals surface area contributed by atoms with Crippen molar-refractivity contribution < 1.29 is 9.52 Å². The third-order valence-electron chi connectivity index (χ3n) is 2.83. The van der Waals surface area contributed by atoms with Crippen molar-refractivity contribution in [3.63, 3.8) is 0 Å². The molecular formula is C14H13N3O2. The largest absolute Gasteiger partial charge is 0.506 e. The maximum atomic E-state index is 9.84. The lowest BCUT2D eigenvalue weighted by atomic mass is 10.2. The Labute approximate surface area is 109 Å². The number of aromatic nitrogens is 2. The van der Waals surface area contributed by atoms with Crippen LogP contribution in [0.2, 0.25) is 0 Å². The molecule has 2 aromatic heterocycles. The molecule has 0 unspecified atom stereocenters. The third-order valence-corrected chi connectivity index (χ3v) is 2.83. The molecule has 0 saturated carbocycles. The molecule has 0 amide bonds. The molecule has 19 heavy (non-hydrogen) atoms. The normalized spacial score (nSPS) is 10.8. The van der Waals surface area contributed by atoms with E-state index in [1.54, 1.807) is 25.3 Å². The molecule has 0 aliphatic rings. The average molecular weight is 255 g/mol. The summed E-state index contributed by atoms with van der Waals surface area (Å²) in [5.41, 5.74) is 0.553. The summed E-state index contributed by atoms with van der Waals surface area (Å²) < 4.78 is 5.27. The maximum absolute atomic E-state index is 9.84. The van der Waals surface area contributed by atoms with E-state index in [0.29, 0.717) is 23.7 Å². The van der Waals surface area contributed by atoms with E-state index in [2.05, 4.69) is 15.3 Å². The van der Waals surface area contributed by atoms with Gasteiger partial charge in [0, 0.05) is 5.39 Å². The number of hydrogen-bond acceptors (Lipinski definition) is 5. The topological polar surface area (TPSA) is 71.2 Å². The van der Waals surface area contributed by atoms with Crippen molar-refractivity contribution in [3.8, 4) is 5.75 Å². The van der Waals surface area contributed by atoms with Gasteiger partial charge in [-0.15, -0.1) is 0 Å². The third kappa shape index (κ3) is 2.22. The lowest BCUT2D eigenvalue weighted by Gasteiger charge is -2.09. The highest BCUT2D eigenvalue weighted by atomic mass is 16.3. The van der Waals surface area contributed by atoms with Crippen molar-refractivity contribution in [3.05, 3.63) is 48.2 Å². The first kappa shape index (κ1) is 11.5. The van der Waals surface area contributed by atoms with Crippen LogP contribution in [-0.4, -0.2) is 15.1 Å². The number of nitrogens with one attached hydrogen (secondary N) is 1. The van der Waals surface area contributed by atoms with Crippen LogP contribution in [-0.2, 0) is 6.54 Å². The van der Waals surface area contributed by atoms with Crippen LogP contribution in [0, 0.1) is 6.92 Å². The lowest BCUT2D eigenvalue weighted by molar-refractivity contribution is 0.480. The van der Waals surface area contributed by atoms with Gasteiger partial charge < -0.3 is 14.8 Å². The molecule has 0 aliphatic carbocycles. The molecule has 0 fully saturated rings. The molecule has 0 aliphatic heterocycles. The second-order valence-electron chi connectivity index (χ2n) is 4.23. The Hall–Kier alpha value is -2.56. The summed E-state index contributed by atoms with van der Waals surface area (Å²) in [5.74, 6) is 2.28. The average Bonchev–Trinajstić information content (AvgIpc) is 2.90. The Bertz CT molecular complexity index is 708. The van der Waals surface area contributed by atoms with Crippen molar-refractivity contribution >= 4 is 16.7 Å². The molecule has 0 saturated heterocycles. The number of benzene rings is 1. The SMILES string of the molecule is Cc1nc(NCc2ccco2)c2cccc(O)c2n1. The van der Waals surface area contributed by atoms with E-state index in [1.807, 2.05) is 18.2 Å². The van der Waals surface area contributed by atoms with Crippen molar-refractivity contribution in [2.75, 3.05) is 5.32 Å². The summed E-state index contributed by atoms with van der Waals surface area (Å²) in [6, 6.07) is 8.99. The predicted octanol–water partition coefficient (Wildman–Crippen LogP) is 2.85. The Kier molecular flexibility index (Phi) is 2.79. The van der Waals surface area contributed by atoms with E-state index < -0.39 is 0 Å². The van der Waals surface area contributed by atoms with Gasteiger partial charge in [0.2, 0.25) is 0 Å². The monoisotopic (exact) mass is 255 g/mol. The number of anilines is 1. The van der Waals surface area contributed by atoms with Gasteiger partial charge in [0.05, 0.1) is 12.8 Å². The molecule has 3 rings (SSSR count). The number of aromatic hydroxyl groups is 1. The Morgan fingerprint density at radius 2 is 2.11 bits per heavy atom. The first-order valence-corrected chi connectivity index (χ1v) is 5.96. The van der Waals surface area contributed by atoms with E-state index in [0.717, 1.165) is 11.1 Å². The molecule has 5 nitrogen and oxygen atoms in total. The van der Waals surface area contributed by atoms with E-state index in [-0.39, 0.29) is 5.75 Å². The minimum absolute atomic E-state index is 0.157. The molecule has 2 heterocycles. The van der Waals surface area contributed by atoms with E-state index >= 15 is 0 Å². The fourth-order valence-corrected chi connectivity index (χ4v) is 1.97. The minimum Gasteiger partial charge on any atom is -0.506 e. The van der Waals surface area contributed by atoms with Gasteiger partial charge in [0.1, 0.15) is 28.7 Å². The smallest absolute Gasteiger partial charge is 0.142 e. The number of phenols is 1. The van der Waals surface area contributed by atoms with Crippen LogP contribution in [0.15, 0.2) is 41.0 Å². The van der Waals surface area contributed by atoms with Gasteiger partial charge in [-0.2, -0.15) is 0 Å². The van der Waals surface area contributed by atoms with E-state index in [9.17, 15) is 5.11 Å². The second kappa shape index (κ2) is 4.61. The summed E-state index contributed by atoms with van der Waals surface area (Å²) in [4.78, 5) is 8.62. The molecule has 0 atom stereocenters. The molecule has 0 radical (unpaired) electrons. The number of nitrogens with zero attached hydrogens (tertiary/aromatic N) is 2. The zero-order valence-corrected chi connectivity index (χ0v) is 10.4. The maximum Gasteiger partial charge on any atom is 0.142 e. The standard InChI is InChI=1S/C14H13N3O2/c1-9-16-13-11(5-2-6-12(13)18)14(17-9)15-8-10-4-3-7-19-10/h2-7,18H,8H2,1H3,(H,15,16,17). The molecule has 96 valence electrons. The van der Waals surface area contributed by atoms with Crippen molar-refractivity contribution in [1.82, 2.24) is 9.97 Å². The van der Waals surface area contributed by atoms with Crippen LogP contribution in [0.1, 0.15) is 11.6 Å². The van der Waals surface area contributed by atoms with E-state index in [4.69, 9.17) is 4.42 Å². The summed E-state index contributed by atoms with van der Waals surface area (Å²) in [7, 11) is 0. The fourth-order valence-electron chi connectivity index (χ4n) is 1.97. The highest BCUT2D eigenvalue weighted by molar-refractivity contribution is 5.92. The molecule has 0 bridgehead atoms. The second-order valence-corrected chi connectivity index (χ2v) is 4.23. The number of furan rings is 1. The number of hydrogen-bond donors (Lipinski definition) is 2. The fraction of sp³-hybridized carbons (Fsp3) is 0.143. The minimum atomic E-state index is 0.157. The lowest BCUT2D eigenvalue weighted by Crippen LogP contribution is -2.03. The van der Waals surface area contributed by atoms with Crippen molar-refractivity contribution in [2.24, 2.45) is 0 Å². The van der Waals surface area contributed by atoms with Gasteiger partial charge in [0.15, 0.2) is 0 Å². The number of para-hydroxylation sites is 1. The number of fused-ring (bicyclic) bond motifs is 1. The summed E-state index contributed by atoms with van der Waals surface area (Å²) >= 11 is 0. The van der Waals surface area contributed by atoms with Gasteiger partial charge in [-0.05, 0) is 31.2 Å². The van der Waals surface area contributed by atoms with Crippen molar-refractivity contribution in [1.29, 1.82) is 0 Å². The Morgan fingerprint density at radius 3 is 2.89 bits per heavy atom. The zero-order chi connectivity index (χ0) is 13.2. The molecule has 1 aromatic carbocycles. The highest BCUT2D eigenvalue weighted by Crippen LogP contribution is 2.27. The Morgan fingerprint density at radius 1 is 1.21 bits per heavy atom. The van der Waals surface area contributed by atoms with Crippen LogP contribution < -0.4 is 5.32 Å². The van der Waals surface area contributed by atoms with Crippen LogP contribution in [0.25, 0.3) is 10.9 Å². The predicted molar refractivity (Wildman–Crippen MR) is 72.0 cm³/mol.